The predicted octanol–water partition coefficient (Wildman–Crippen LogP) is 3.63. The van der Waals surface area contributed by atoms with Gasteiger partial charge in [-0.25, -0.2) is 13.6 Å². The van der Waals surface area contributed by atoms with E-state index in [9.17, 15) is 13.6 Å². The number of amides is 1. The number of benzene rings is 1. The van der Waals surface area contributed by atoms with Crippen molar-refractivity contribution in [3.63, 3.8) is 0 Å². The number of anilines is 1. The number of methoxy groups -OCH3 is 1. The second-order valence-electron chi connectivity index (χ2n) is 6.90. The number of hydrogen-bond donors (Lipinski definition) is 2. The molecule has 1 amide bonds. The van der Waals surface area contributed by atoms with Crippen LogP contribution < -0.4 is 15.8 Å². The Morgan fingerprint density at radius 1 is 1.30 bits per heavy atom. The Labute approximate surface area is 134 Å². The summed E-state index contributed by atoms with van der Waals surface area (Å²) in [7, 11) is 1.47. The monoisotopic (exact) mass is 328 g/mol. The second kappa shape index (κ2) is 5.63. The summed E-state index contributed by atoms with van der Waals surface area (Å²) in [6.45, 7) is 5.20. The maximum Gasteiger partial charge on any atom is 0.412 e. The van der Waals surface area contributed by atoms with Crippen LogP contribution in [0, 0.1) is 0 Å². The lowest BCUT2D eigenvalue weighted by atomic mass is 9.69. The number of rotatable bonds is 3. The molecular weight excluding hydrogens is 306 g/mol. The third-order valence-corrected chi connectivity index (χ3v) is 3.55. The first-order chi connectivity index (χ1) is 10.4. The maximum absolute atomic E-state index is 13.3. The molecule has 1 aliphatic rings. The molecule has 1 aromatic carbocycles. The Hall–Kier alpha value is -1.89. The van der Waals surface area contributed by atoms with Crippen molar-refractivity contribution in [3.05, 3.63) is 23.8 Å². The predicted molar refractivity (Wildman–Crippen MR) is 82.9 cm³/mol. The second-order valence-corrected chi connectivity index (χ2v) is 6.90. The fourth-order valence-electron chi connectivity index (χ4n) is 2.66. The number of alkyl halides is 2. The van der Waals surface area contributed by atoms with Gasteiger partial charge in [0.2, 0.25) is 0 Å². The van der Waals surface area contributed by atoms with Gasteiger partial charge in [0.15, 0.2) is 0 Å². The van der Waals surface area contributed by atoms with Gasteiger partial charge >= 0.3 is 6.09 Å². The van der Waals surface area contributed by atoms with Crippen molar-refractivity contribution < 1.29 is 23.0 Å². The zero-order valence-electron chi connectivity index (χ0n) is 13.7. The largest absolute Gasteiger partial charge is 0.497 e. The Bertz CT molecular complexity index is 604. The van der Waals surface area contributed by atoms with Crippen LogP contribution in [0.4, 0.5) is 19.3 Å². The fraction of sp³-hybridized carbons (Fsp3) is 0.562. The molecule has 5 nitrogen and oxygen atoms in total. The standard InChI is InChI=1S/C16H22F2N2O3/c1-14(2,3)23-13(21)20-12-7-10(22-4)5-6-11(12)15(19)8-16(17,18)9-15/h5-7H,8-9,19H2,1-4H3,(H,20,21). The van der Waals surface area contributed by atoms with E-state index in [1.54, 1.807) is 39.0 Å². The molecule has 2 rings (SSSR count). The van der Waals surface area contributed by atoms with Gasteiger partial charge in [-0.05, 0) is 32.4 Å². The van der Waals surface area contributed by atoms with Gasteiger partial charge in [0, 0.05) is 18.9 Å². The molecule has 0 bridgehead atoms. The molecule has 3 N–H and O–H groups in total. The number of hydrogen-bond acceptors (Lipinski definition) is 4. The van der Waals surface area contributed by atoms with Crippen molar-refractivity contribution in [1.82, 2.24) is 0 Å². The Kier molecular flexibility index (Phi) is 4.28. The molecule has 0 radical (unpaired) electrons. The molecule has 1 aliphatic carbocycles. The highest BCUT2D eigenvalue weighted by molar-refractivity contribution is 5.86. The molecule has 0 aliphatic heterocycles. The van der Waals surface area contributed by atoms with E-state index in [1.165, 1.54) is 7.11 Å². The zero-order valence-corrected chi connectivity index (χ0v) is 13.7. The summed E-state index contributed by atoms with van der Waals surface area (Å²) in [5.74, 6) is -2.30. The van der Waals surface area contributed by atoms with Gasteiger partial charge < -0.3 is 15.2 Å². The minimum atomic E-state index is -2.78. The molecule has 7 heteroatoms. The van der Waals surface area contributed by atoms with E-state index in [-0.39, 0.29) is 0 Å². The molecule has 128 valence electrons. The third kappa shape index (κ3) is 4.10. The fourth-order valence-corrected chi connectivity index (χ4v) is 2.66. The summed E-state index contributed by atoms with van der Waals surface area (Å²) < 4.78 is 36.8. The van der Waals surface area contributed by atoms with Crippen molar-refractivity contribution in [2.24, 2.45) is 5.73 Å². The smallest absolute Gasteiger partial charge is 0.412 e. The van der Waals surface area contributed by atoms with E-state index >= 15 is 0 Å². The van der Waals surface area contributed by atoms with Crippen molar-refractivity contribution in [2.75, 3.05) is 12.4 Å². The van der Waals surface area contributed by atoms with E-state index in [4.69, 9.17) is 15.2 Å². The van der Waals surface area contributed by atoms with Crippen LogP contribution in [0.5, 0.6) is 5.75 Å². The van der Waals surface area contributed by atoms with Gasteiger partial charge in [-0.1, -0.05) is 6.07 Å². The molecule has 0 heterocycles. The van der Waals surface area contributed by atoms with Crippen LogP contribution in [0.15, 0.2) is 18.2 Å². The first-order valence-corrected chi connectivity index (χ1v) is 7.29. The van der Waals surface area contributed by atoms with Crippen LogP contribution in [-0.2, 0) is 10.3 Å². The number of carbonyl (C=O) groups is 1. The third-order valence-electron chi connectivity index (χ3n) is 3.55. The van der Waals surface area contributed by atoms with Crippen molar-refractivity contribution in [2.45, 2.75) is 50.7 Å². The Morgan fingerprint density at radius 2 is 1.91 bits per heavy atom. The quantitative estimate of drug-likeness (QED) is 0.889. The van der Waals surface area contributed by atoms with Crippen LogP contribution >= 0.6 is 0 Å². The SMILES string of the molecule is COc1ccc(C2(N)CC(F)(F)C2)c(NC(=O)OC(C)(C)C)c1. The minimum absolute atomic E-state index is 0.316. The van der Waals surface area contributed by atoms with E-state index in [1.807, 2.05) is 0 Å². The topological polar surface area (TPSA) is 73.6 Å². The highest BCUT2D eigenvalue weighted by Gasteiger charge is 2.56. The summed E-state index contributed by atoms with van der Waals surface area (Å²) in [5.41, 5.74) is 4.98. The Balaban J connectivity index is 2.28. The lowest BCUT2D eigenvalue weighted by Crippen LogP contribution is -2.55. The number of halogens is 2. The molecule has 1 aromatic rings. The van der Waals surface area contributed by atoms with Gasteiger partial charge in [-0.2, -0.15) is 0 Å². The van der Waals surface area contributed by atoms with Crippen molar-refractivity contribution in [1.29, 1.82) is 0 Å². The van der Waals surface area contributed by atoms with Gasteiger partial charge in [-0.3, -0.25) is 5.32 Å². The number of ether oxygens (including phenoxy) is 2. The molecule has 1 saturated carbocycles. The molecule has 0 saturated heterocycles. The van der Waals surface area contributed by atoms with Gasteiger partial charge in [0.05, 0.1) is 18.3 Å². The summed E-state index contributed by atoms with van der Waals surface area (Å²) >= 11 is 0. The first kappa shape index (κ1) is 17.5. The molecular formula is C16H22F2N2O3. The summed E-state index contributed by atoms with van der Waals surface area (Å²) in [4.78, 5) is 12.0. The summed E-state index contributed by atoms with van der Waals surface area (Å²) in [6, 6.07) is 4.77. The summed E-state index contributed by atoms with van der Waals surface area (Å²) in [6.07, 6.45) is -1.60. The molecule has 0 unspecified atom stereocenters. The van der Waals surface area contributed by atoms with E-state index in [0.29, 0.717) is 17.0 Å². The highest BCUT2D eigenvalue weighted by atomic mass is 19.3. The van der Waals surface area contributed by atoms with E-state index in [2.05, 4.69) is 5.32 Å². The van der Waals surface area contributed by atoms with Crippen LogP contribution in [0.2, 0.25) is 0 Å². The average molecular weight is 328 g/mol. The lowest BCUT2D eigenvalue weighted by molar-refractivity contribution is -0.124. The van der Waals surface area contributed by atoms with Crippen molar-refractivity contribution >= 4 is 11.8 Å². The average Bonchev–Trinajstić information content (AvgIpc) is 2.33. The minimum Gasteiger partial charge on any atom is -0.497 e. The van der Waals surface area contributed by atoms with Crippen LogP contribution in [0.25, 0.3) is 0 Å². The van der Waals surface area contributed by atoms with Gasteiger partial charge in [0.25, 0.3) is 5.92 Å². The Morgan fingerprint density at radius 3 is 2.39 bits per heavy atom. The molecule has 1 fully saturated rings. The van der Waals surface area contributed by atoms with E-state index < -0.39 is 36.0 Å². The molecule has 0 spiro atoms. The highest BCUT2D eigenvalue weighted by Crippen LogP contribution is 2.51. The zero-order chi connectivity index (χ0) is 17.5. The van der Waals surface area contributed by atoms with Crippen LogP contribution in [-0.4, -0.2) is 24.7 Å². The van der Waals surface area contributed by atoms with Gasteiger partial charge in [-0.15, -0.1) is 0 Å². The van der Waals surface area contributed by atoms with Crippen molar-refractivity contribution in [3.8, 4) is 5.75 Å². The molecule has 0 aromatic heterocycles. The van der Waals surface area contributed by atoms with Gasteiger partial charge in [0.1, 0.15) is 11.4 Å². The maximum atomic E-state index is 13.3. The van der Waals surface area contributed by atoms with Crippen LogP contribution in [0.1, 0.15) is 39.2 Å². The number of nitrogens with two attached hydrogens (primary N) is 1. The van der Waals surface area contributed by atoms with Crippen LogP contribution in [0.3, 0.4) is 0 Å². The number of carbonyl (C=O) groups excluding carboxylic acids is 1. The number of nitrogens with one attached hydrogen (secondary N) is 1. The normalized spacial score (nSPS) is 18.7. The summed E-state index contributed by atoms with van der Waals surface area (Å²) in [5, 5.41) is 2.58. The molecule has 23 heavy (non-hydrogen) atoms. The lowest BCUT2D eigenvalue weighted by Gasteiger charge is -2.45. The van der Waals surface area contributed by atoms with E-state index in [0.717, 1.165) is 0 Å². The first-order valence-electron chi connectivity index (χ1n) is 7.29. The molecule has 0 atom stereocenters.